The third kappa shape index (κ3) is 2.07. The van der Waals surface area contributed by atoms with Gasteiger partial charge in [0.25, 0.3) is 0 Å². The number of aryl methyl sites for hydroxylation is 1. The van der Waals surface area contributed by atoms with Crippen molar-refractivity contribution in [1.29, 1.82) is 0 Å². The van der Waals surface area contributed by atoms with Gasteiger partial charge >= 0.3 is 0 Å². The lowest BCUT2D eigenvalue weighted by Crippen LogP contribution is -2.11. The SMILES string of the molecule is Cc1cc2ccccc2nc1OCCN. The van der Waals surface area contributed by atoms with Crippen LogP contribution in [0.25, 0.3) is 10.9 Å². The molecule has 0 unspecified atom stereocenters. The Hall–Kier alpha value is -1.61. The second-order valence-corrected chi connectivity index (χ2v) is 3.44. The molecule has 2 N–H and O–H groups in total. The highest BCUT2D eigenvalue weighted by Gasteiger charge is 2.03. The summed E-state index contributed by atoms with van der Waals surface area (Å²) in [7, 11) is 0. The summed E-state index contributed by atoms with van der Waals surface area (Å²) in [5, 5.41) is 1.13. The Morgan fingerprint density at radius 3 is 2.93 bits per heavy atom. The van der Waals surface area contributed by atoms with Gasteiger partial charge in [0.1, 0.15) is 6.61 Å². The average Bonchev–Trinajstić information content (AvgIpc) is 2.26. The minimum Gasteiger partial charge on any atom is -0.476 e. The van der Waals surface area contributed by atoms with Crippen molar-refractivity contribution in [3.05, 3.63) is 35.9 Å². The molecule has 3 nitrogen and oxygen atoms in total. The standard InChI is InChI=1S/C12H14N2O/c1-9-8-10-4-2-3-5-11(10)14-12(9)15-7-6-13/h2-5,8H,6-7,13H2,1H3. The largest absolute Gasteiger partial charge is 0.476 e. The molecule has 2 aromatic rings. The van der Waals surface area contributed by atoms with Crippen molar-refractivity contribution >= 4 is 10.9 Å². The second-order valence-electron chi connectivity index (χ2n) is 3.44. The summed E-state index contributed by atoms with van der Waals surface area (Å²) < 4.78 is 5.46. The van der Waals surface area contributed by atoms with Crippen molar-refractivity contribution < 1.29 is 4.74 Å². The van der Waals surface area contributed by atoms with Crippen LogP contribution in [-0.4, -0.2) is 18.1 Å². The Kier molecular flexibility index (Phi) is 2.83. The molecular formula is C12H14N2O. The Morgan fingerprint density at radius 1 is 1.33 bits per heavy atom. The molecule has 1 aromatic carbocycles. The Bertz CT molecular complexity index is 468. The molecule has 3 heteroatoms. The van der Waals surface area contributed by atoms with Crippen molar-refractivity contribution in [2.45, 2.75) is 6.92 Å². The molecule has 0 aliphatic heterocycles. The van der Waals surface area contributed by atoms with E-state index in [0.717, 1.165) is 16.5 Å². The third-order valence-corrected chi connectivity index (χ3v) is 2.22. The van der Waals surface area contributed by atoms with Crippen LogP contribution in [0.5, 0.6) is 5.88 Å². The zero-order valence-electron chi connectivity index (χ0n) is 8.73. The topological polar surface area (TPSA) is 48.1 Å². The number of rotatable bonds is 3. The van der Waals surface area contributed by atoms with Gasteiger partial charge in [-0.25, -0.2) is 4.98 Å². The maximum atomic E-state index is 5.46. The quantitative estimate of drug-likeness (QED) is 0.826. The van der Waals surface area contributed by atoms with Crippen LogP contribution < -0.4 is 10.5 Å². The van der Waals surface area contributed by atoms with E-state index in [0.29, 0.717) is 19.0 Å². The van der Waals surface area contributed by atoms with E-state index < -0.39 is 0 Å². The van der Waals surface area contributed by atoms with Crippen molar-refractivity contribution in [1.82, 2.24) is 4.98 Å². The first-order valence-electron chi connectivity index (χ1n) is 5.00. The van der Waals surface area contributed by atoms with Crippen LogP contribution in [0.15, 0.2) is 30.3 Å². The average molecular weight is 202 g/mol. The van der Waals surface area contributed by atoms with Gasteiger partial charge < -0.3 is 10.5 Å². The maximum Gasteiger partial charge on any atom is 0.216 e. The lowest BCUT2D eigenvalue weighted by Gasteiger charge is -2.08. The van der Waals surface area contributed by atoms with E-state index in [9.17, 15) is 0 Å². The summed E-state index contributed by atoms with van der Waals surface area (Å²) in [5.74, 6) is 0.680. The van der Waals surface area contributed by atoms with Crippen molar-refractivity contribution in [2.24, 2.45) is 5.73 Å². The van der Waals surface area contributed by atoms with Crippen LogP contribution in [0.1, 0.15) is 5.56 Å². The molecule has 0 fully saturated rings. The molecule has 78 valence electrons. The zero-order valence-corrected chi connectivity index (χ0v) is 8.73. The molecule has 0 saturated carbocycles. The van der Waals surface area contributed by atoms with E-state index in [1.54, 1.807) is 0 Å². The number of hydrogen-bond donors (Lipinski definition) is 1. The Morgan fingerprint density at radius 2 is 2.13 bits per heavy atom. The number of pyridine rings is 1. The van der Waals surface area contributed by atoms with Gasteiger partial charge in [-0.05, 0) is 19.1 Å². The molecule has 0 saturated heterocycles. The molecule has 2 rings (SSSR count). The number of benzene rings is 1. The van der Waals surface area contributed by atoms with Gasteiger partial charge in [-0.2, -0.15) is 0 Å². The van der Waals surface area contributed by atoms with E-state index in [4.69, 9.17) is 10.5 Å². The predicted molar refractivity (Wildman–Crippen MR) is 61.0 cm³/mol. The first kappa shape index (κ1) is 9.93. The monoisotopic (exact) mass is 202 g/mol. The molecule has 0 spiro atoms. The number of nitrogens with zero attached hydrogens (tertiary/aromatic N) is 1. The summed E-state index contributed by atoms with van der Waals surface area (Å²) in [6, 6.07) is 10.1. The molecule has 0 atom stereocenters. The summed E-state index contributed by atoms with van der Waals surface area (Å²) in [4.78, 5) is 4.43. The summed E-state index contributed by atoms with van der Waals surface area (Å²) in [5.41, 5.74) is 7.38. The smallest absolute Gasteiger partial charge is 0.216 e. The van der Waals surface area contributed by atoms with Crippen LogP contribution in [-0.2, 0) is 0 Å². The number of hydrogen-bond acceptors (Lipinski definition) is 3. The minimum absolute atomic E-state index is 0.506. The summed E-state index contributed by atoms with van der Waals surface area (Å²) in [6.07, 6.45) is 0. The molecule has 0 aliphatic rings. The Labute approximate surface area is 88.9 Å². The molecule has 1 heterocycles. The normalized spacial score (nSPS) is 10.5. The Balaban J connectivity index is 2.43. The van der Waals surface area contributed by atoms with E-state index in [2.05, 4.69) is 11.1 Å². The maximum absolute atomic E-state index is 5.46. The van der Waals surface area contributed by atoms with Gasteiger partial charge in [0.2, 0.25) is 5.88 Å². The minimum atomic E-state index is 0.506. The van der Waals surface area contributed by atoms with E-state index in [1.165, 1.54) is 0 Å². The van der Waals surface area contributed by atoms with Gasteiger partial charge in [0.05, 0.1) is 5.52 Å². The summed E-state index contributed by atoms with van der Waals surface area (Å²) >= 11 is 0. The fraction of sp³-hybridized carbons (Fsp3) is 0.250. The first-order chi connectivity index (χ1) is 7.31. The molecule has 1 aromatic heterocycles. The number of para-hydroxylation sites is 1. The molecule has 15 heavy (non-hydrogen) atoms. The van der Waals surface area contributed by atoms with Gasteiger partial charge in [-0.1, -0.05) is 18.2 Å². The van der Waals surface area contributed by atoms with Gasteiger partial charge in [-0.3, -0.25) is 0 Å². The lowest BCUT2D eigenvalue weighted by atomic mass is 10.2. The fourth-order valence-electron chi connectivity index (χ4n) is 1.51. The van der Waals surface area contributed by atoms with E-state index in [1.807, 2.05) is 31.2 Å². The number of aromatic nitrogens is 1. The molecule has 0 amide bonds. The van der Waals surface area contributed by atoms with E-state index >= 15 is 0 Å². The van der Waals surface area contributed by atoms with Crippen LogP contribution in [0.2, 0.25) is 0 Å². The molecule has 0 radical (unpaired) electrons. The fourth-order valence-corrected chi connectivity index (χ4v) is 1.51. The van der Waals surface area contributed by atoms with Crippen LogP contribution in [0.3, 0.4) is 0 Å². The van der Waals surface area contributed by atoms with Gasteiger partial charge in [0.15, 0.2) is 0 Å². The number of nitrogens with two attached hydrogens (primary N) is 1. The highest BCUT2D eigenvalue weighted by molar-refractivity contribution is 5.79. The van der Waals surface area contributed by atoms with E-state index in [-0.39, 0.29) is 0 Å². The van der Waals surface area contributed by atoms with Gasteiger partial charge in [-0.15, -0.1) is 0 Å². The van der Waals surface area contributed by atoms with Gasteiger partial charge in [0, 0.05) is 17.5 Å². The van der Waals surface area contributed by atoms with Crippen LogP contribution in [0, 0.1) is 6.92 Å². The number of fused-ring (bicyclic) bond motifs is 1. The van der Waals surface area contributed by atoms with Crippen molar-refractivity contribution in [2.75, 3.05) is 13.2 Å². The molecular weight excluding hydrogens is 188 g/mol. The highest BCUT2D eigenvalue weighted by Crippen LogP contribution is 2.20. The first-order valence-corrected chi connectivity index (χ1v) is 5.00. The number of ether oxygens (including phenoxy) is 1. The zero-order chi connectivity index (χ0) is 10.7. The lowest BCUT2D eigenvalue weighted by molar-refractivity contribution is 0.314. The van der Waals surface area contributed by atoms with Crippen LogP contribution in [0.4, 0.5) is 0 Å². The van der Waals surface area contributed by atoms with Crippen molar-refractivity contribution in [3.63, 3.8) is 0 Å². The summed E-state index contributed by atoms with van der Waals surface area (Å²) in [6.45, 7) is 3.01. The second kappa shape index (κ2) is 4.28. The van der Waals surface area contributed by atoms with Crippen molar-refractivity contribution in [3.8, 4) is 5.88 Å². The molecule has 0 aliphatic carbocycles. The van der Waals surface area contributed by atoms with Crippen LogP contribution >= 0.6 is 0 Å². The third-order valence-electron chi connectivity index (χ3n) is 2.22. The molecule has 0 bridgehead atoms. The predicted octanol–water partition coefficient (Wildman–Crippen LogP) is 1.88. The highest BCUT2D eigenvalue weighted by atomic mass is 16.5.